The Kier molecular flexibility index (Phi) is 3.14. The van der Waals surface area contributed by atoms with Crippen LogP contribution >= 0.6 is 0 Å². The minimum absolute atomic E-state index is 0.314. The molecule has 0 saturated heterocycles. The van der Waals surface area contributed by atoms with Crippen molar-refractivity contribution in [3.63, 3.8) is 0 Å². The third kappa shape index (κ3) is 2.62. The monoisotopic (exact) mass is 165 g/mol. The molecular weight excluding hydrogens is 154 g/mol. The molecule has 1 rings (SSSR count). The predicted molar refractivity (Wildman–Crippen MR) is 46.4 cm³/mol. The number of aromatic nitrogens is 1. The van der Waals surface area contributed by atoms with Gasteiger partial charge < -0.3 is 9.30 Å². The molecule has 0 radical (unpaired) electrons. The van der Waals surface area contributed by atoms with E-state index < -0.39 is 0 Å². The quantitative estimate of drug-likeness (QED) is 0.502. The number of carbonyl (C=O) groups excluding carboxylic acids is 1. The normalized spacial score (nSPS) is 10.4. The fourth-order valence-corrected chi connectivity index (χ4v) is 0.785. The Labute approximate surface area is 71.3 Å². The van der Waals surface area contributed by atoms with Gasteiger partial charge in [0.1, 0.15) is 0 Å². The number of esters is 1. The Morgan fingerprint density at radius 2 is 2.17 bits per heavy atom. The summed E-state index contributed by atoms with van der Waals surface area (Å²) in [5.41, 5.74) is 0. The number of hydrogen-bond donors (Lipinski definition) is 0. The number of nitrogens with zero attached hydrogens (tertiary/aromatic N) is 1. The highest BCUT2D eigenvalue weighted by atomic mass is 16.5. The molecular formula is C9H11NO2. The maximum Gasteiger partial charge on any atom is 0.332 e. The van der Waals surface area contributed by atoms with Crippen LogP contribution < -0.4 is 0 Å². The van der Waals surface area contributed by atoms with E-state index in [1.165, 1.54) is 6.08 Å². The van der Waals surface area contributed by atoms with Crippen LogP contribution in [0.5, 0.6) is 0 Å². The maximum absolute atomic E-state index is 10.8. The second-order valence-corrected chi connectivity index (χ2v) is 2.20. The highest BCUT2D eigenvalue weighted by Gasteiger charge is 1.91. The van der Waals surface area contributed by atoms with E-state index in [0.717, 1.165) is 0 Å². The van der Waals surface area contributed by atoms with Gasteiger partial charge in [-0.05, 0) is 19.1 Å². The fraction of sp³-hybridized carbons (Fsp3) is 0.222. The van der Waals surface area contributed by atoms with Gasteiger partial charge in [-0.3, -0.25) is 0 Å². The van der Waals surface area contributed by atoms with E-state index in [1.54, 1.807) is 17.7 Å². The van der Waals surface area contributed by atoms with Crippen LogP contribution in [0, 0.1) is 0 Å². The average Bonchev–Trinajstić information content (AvgIpc) is 2.53. The first-order chi connectivity index (χ1) is 5.83. The van der Waals surface area contributed by atoms with Crippen molar-refractivity contribution in [1.29, 1.82) is 0 Å². The Balaban J connectivity index is 2.45. The molecule has 0 saturated carbocycles. The largest absolute Gasteiger partial charge is 0.463 e. The summed E-state index contributed by atoms with van der Waals surface area (Å²) in [6, 6.07) is 3.77. The van der Waals surface area contributed by atoms with Crippen molar-refractivity contribution >= 4 is 12.2 Å². The van der Waals surface area contributed by atoms with Gasteiger partial charge in [-0.25, -0.2) is 4.79 Å². The van der Waals surface area contributed by atoms with Gasteiger partial charge in [-0.1, -0.05) is 0 Å². The van der Waals surface area contributed by atoms with Crippen LogP contribution in [-0.2, 0) is 9.53 Å². The fourth-order valence-electron chi connectivity index (χ4n) is 0.785. The minimum atomic E-state index is -0.314. The summed E-state index contributed by atoms with van der Waals surface area (Å²) in [4.78, 5) is 10.8. The Morgan fingerprint density at radius 1 is 1.50 bits per heavy atom. The highest BCUT2D eigenvalue weighted by Crippen LogP contribution is 1.91. The van der Waals surface area contributed by atoms with Gasteiger partial charge >= 0.3 is 5.97 Å². The summed E-state index contributed by atoms with van der Waals surface area (Å²) in [6.07, 6.45) is 6.73. The second kappa shape index (κ2) is 4.38. The lowest BCUT2D eigenvalue weighted by atomic mass is 10.6. The third-order valence-corrected chi connectivity index (χ3v) is 1.30. The molecule has 0 aliphatic rings. The molecule has 0 spiro atoms. The molecule has 0 aliphatic carbocycles. The van der Waals surface area contributed by atoms with Crippen molar-refractivity contribution in [1.82, 2.24) is 4.57 Å². The van der Waals surface area contributed by atoms with Gasteiger partial charge in [-0.2, -0.15) is 0 Å². The average molecular weight is 165 g/mol. The van der Waals surface area contributed by atoms with Crippen LogP contribution in [0.25, 0.3) is 6.20 Å². The molecule has 1 heterocycles. The van der Waals surface area contributed by atoms with E-state index in [9.17, 15) is 4.79 Å². The highest BCUT2D eigenvalue weighted by molar-refractivity contribution is 5.84. The van der Waals surface area contributed by atoms with Crippen LogP contribution in [0.15, 0.2) is 30.6 Å². The Bertz CT molecular complexity index is 262. The van der Waals surface area contributed by atoms with Gasteiger partial charge in [0.15, 0.2) is 0 Å². The standard InChI is InChI=1S/C9H11NO2/c1-2-12-9(11)5-8-10-6-3-4-7-10/h3-8H,2H2,1H3. The first-order valence-corrected chi connectivity index (χ1v) is 3.80. The van der Waals surface area contributed by atoms with Crippen LogP contribution in [0.2, 0.25) is 0 Å². The van der Waals surface area contributed by atoms with Crippen molar-refractivity contribution in [2.24, 2.45) is 0 Å². The smallest absolute Gasteiger partial charge is 0.332 e. The number of rotatable bonds is 3. The molecule has 0 unspecified atom stereocenters. The van der Waals surface area contributed by atoms with Crippen LogP contribution in [0.4, 0.5) is 0 Å². The number of ether oxygens (including phenoxy) is 1. The molecule has 0 aliphatic heterocycles. The summed E-state index contributed by atoms with van der Waals surface area (Å²) in [6.45, 7) is 2.19. The zero-order valence-electron chi connectivity index (χ0n) is 6.93. The van der Waals surface area contributed by atoms with Gasteiger partial charge in [0, 0.05) is 24.7 Å². The number of carbonyl (C=O) groups is 1. The summed E-state index contributed by atoms with van der Waals surface area (Å²) in [5, 5.41) is 0. The van der Waals surface area contributed by atoms with E-state index in [-0.39, 0.29) is 5.97 Å². The topological polar surface area (TPSA) is 31.2 Å². The van der Waals surface area contributed by atoms with E-state index in [4.69, 9.17) is 4.74 Å². The predicted octanol–water partition coefficient (Wildman–Crippen LogP) is 1.52. The lowest BCUT2D eigenvalue weighted by Gasteiger charge is -1.94. The molecule has 0 amide bonds. The summed E-state index contributed by atoms with van der Waals surface area (Å²) >= 11 is 0. The van der Waals surface area contributed by atoms with Gasteiger partial charge in [0.25, 0.3) is 0 Å². The molecule has 3 heteroatoms. The molecule has 0 atom stereocenters. The van der Waals surface area contributed by atoms with Crippen molar-refractivity contribution in [2.75, 3.05) is 6.61 Å². The first-order valence-electron chi connectivity index (χ1n) is 3.80. The lowest BCUT2D eigenvalue weighted by Crippen LogP contribution is -1.99. The van der Waals surface area contributed by atoms with Gasteiger partial charge in [0.05, 0.1) is 6.61 Å². The summed E-state index contributed by atoms with van der Waals surface area (Å²) in [7, 11) is 0. The molecule has 0 N–H and O–H groups in total. The molecule has 1 aromatic rings. The van der Waals surface area contributed by atoms with Crippen LogP contribution in [-0.4, -0.2) is 17.1 Å². The van der Waals surface area contributed by atoms with E-state index in [0.29, 0.717) is 6.61 Å². The van der Waals surface area contributed by atoms with Gasteiger partial charge in [0.2, 0.25) is 0 Å². The summed E-state index contributed by atoms with van der Waals surface area (Å²) < 4.78 is 6.48. The van der Waals surface area contributed by atoms with E-state index in [2.05, 4.69) is 0 Å². The van der Waals surface area contributed by atoms with E-state index >= 15 is 0 Å². The maximum atomic E-state index is 10.8. The van der Waals surface area contributed by atoms with Gasteiger partial charge in [-0.15, -0.1) is 0 Å². The minimum Gasteiger partial charge on any atom is -0.463 e. The molecule has 0 bridgehead atoms. The second-order valence-electron chi connectivity index (χ2n) is 2.20. The Morgan fingerprint density at radius 3 is 2.75 bits per heavy atom. The Hall–Kier alpha value is -1.51. The van der Waals surface area contributed by atoms with Crippen LogP contribution in [0.1, 0.15) is 6.92 Å². The van der Waals surface area contributed by atoms with Crippen molar-refractivity contribution in [2.45, 2.75) is 6.92 Å². The first kappa shape index (κ1) is 8.59. The molecule has 3 nitrogen and oxygen atoms in total. The van der Waals surface area contributed by atoms with Crippen molar-refractivity contribution < 1.29 is 9.53 Å². The lowest BCUT2D eigenvalue weighted by molar-refractivity contribution is -0.137. The molecule has 0 aromatic carbocycles. The SMILES string of the molecule is CCOC(=O)C=Cn1cccc1. The zero-order chi connectivity index (χ0) is 8.81. The molecule has 0 fully saturated rings. The zero-order valence-corrected chi connectivity index (χ0v) is 6.93. The molecule has 64 valence electrons. The number of hydrogen-bond acceptors (Lipinski definition) is 2. The molecule has 12 heavy (non-hydrogen) atoms. The van der Waals surface area contributed by atoms with E-state index in [1.807, 2.05) is 24.5 Å². The van der Waals surface area contributed by atoms with Crippen molar-refractivity contribution in [3.05, 3.63) is 30.6 Å². The third-order valence-electron chi connectivity index (χ3n) is 1.30. The summed E-state index contributed by atoms with van der Waals surface area (Å²) in [5.74, 6) is -0.314. The van der Waals surface area contributed by atoms with Crippen LogP contribution in [0.3, 0.4) is 0 Å². The van der Waals surface area contributed by atoms with Crippen molar-refractivity contribution in [3.8, 4) is 0 Å². The molecule has 1 aromatic heterocycles.